The molecule has 0 bridgehead atoms. The van der Waals surface area contributed by atoms with Gasteiger partial charge in [0.05, 0.1) is 17.8 Å². The molecule has 38 heavy (non-hydrogen) atoms. The van der Waals surface area contributed by atoms with Gasteiger partial charge in [-0.3, -0.25) is 14.5 Å². The zero-order valence-corrected chi connectivity index (χ0v) is 23.0. The van der Waals surface area contributed by atoms with Crippen LogP contribution in [0.3, 0.4) is 0 Å². The van der Waals surface area contributed by atoms with Crippen LogP contribution in [-0.4, -0.2) is 68.6 Å². The first-order chi connectivity index (χ1) is 18.3. The molecule has 16 heteroatoms. The van der Waals surface area contributed by atoms with E-state index in [1.165, 1.54) is 16.7 Å². The number of amides is 2. The number of fused-ring (bicyclic) bond motifs is 2. The Hall–Kier alpha value is -3.08. The number of oxime groups is 1. The van der Waals surface area contributed by atoms with Crippen LogP contribution in [0.1, 0.15) is 42.3 Å². The average molecular weight is 580 g/mol. The lowest BCUT2D eigenvalue weighted by Crippen LogP contribution is -2.71. The molecule has 2 aromatic rings. The standard InChI is InChI=1S/C22H25N7O6S3/c1-3-35-26-13(17-25-22(23)38-27-17)18(30)24-14-19(31)29-15(21(32)33)10(8-36-20(14)29)7-28-9-37-16-11(28)5-4-6-12(16)34-2/h9,12,14,20H,3-8H2,1-2H3,(H3-,23,24,25,27,30,32,33)/b26-13+/t12?,14-,20-/m1/s1. The number of carbonyl (C=O) groups excluding carboxylic acids is 3. The van der Waals surface area contributed by atoms with Crippen molar-refractivity contribution in [3.63, 3.8) is 0 Å². The highest BCUT2D eigenvalue weighted by Crippen LogP contribution is 2.41. The molecule has 2 amide bonds. The fraction of sp³-hybridized carbons (Fsp3) is 0.500. The van der Waals surface area contributed by atoms with Crippen molar-refractivity contribution in [2.45, 2.75) is 50.3 Å². The van der Waals surface area contributed by atoms with Gasteiger partial charge in [-0.05, 0) is 19.8 Å². The fourth-order valence-electron chi connectivity index (χ4n) is 4.72. The Morgan fingerprint density at radius 1 is 1.42 bits per heavy atom. The Balaban J connectivity index is 1.35. The van der Waals surface area contributed by atoms with Gasteiger partial charge in [0, 0.05) is 36.4 Å². The number of aliphatic carboxylic acids is 1. The van der Waals surface area contributed by atoms with E-state index in [0.29, 0.717) is 17.9 Å². The predicted octanol–water partition coefficient (Wildman–Crippen LogP) is -0.662. The van der Waals surface area contributed by atoms with Crippen molar-refractivity contribution in [2.75, 3.05) is 25.2 Å². The SMILES string of the molecule is CCO/N=C(/C(=O)N[C@@H]1C(=O)N2C(C(=O)[O-])=C(C[n+]3csc4c3CCCC4OC)CS[C@H]12)c1nsc(N)n1. The summed E-state index contributed by atoms with van der Waals surface area (Å²) in [5.41, 5.74) is 8.93. The van der Waals surface area contributed by atoms with E-state index in [2.05, 4.69) is 19.8 Å². The maximum atomic E-state index is 13.1. The highest BCUT2D eigenvalue weighted by atomic mass is 32.2. The lowest BCUT2D eigenvalue weighted by Gasteiger charge is -2.50. The predicted molar refractivity (Wildman–Crippen MR) is 137 cm³/mol. The number of nitrogens with one attached hydrogen (secondary N) is 1. The molecule has 202 valence electrons. The third kappa shape index (κ3) is 4.76. The Labute approximate surface area is 229 Å². The van der Waals surface area contributed by atoms with Crippen molar-refractivity contribution < 1.29 is 33.6 Å². The molecule has 3 atom stereocenters. The Morgan fingerprint density at radius 3 is 2.92 bits per heavy atom. The van der Waals surface area contributed by atoms with E-state index >= 15 is 0 Å². The number of carboxylic acid groups (broad SMARTS) is 1. The number of nitrogen functional groups attached to an aromatic ring is 1. The van der Waals surface area contributed by atoms with Crippen LogP contribution >= 0.6 is 34.6 Å². The van der Waals surface area contributed by atoms with Gasteiger partial charge in [0.2, 0.25) is 17.0 Å². The number of carboxylic acids is 1. The number of anilines is 1. The molecule has 0 spiro atoms. The van der Waals surface area contributed by atoms with E-state index in [0.717, 1.165) is 41.4 Å². The molecule has 0 saturated carbocycles. The van der Waals surface area contributed by atoms with Crippen molar-refractivity contribution in [3.05, 3.63) is 33.2 Å². The number of thiazole rings is 1. The number of ether oxygens (including phenoxy) is 1. The minimum atomic E-state index is -1.43. The van der Waals surface area contributed by atoms with Crippen molar-refractivity contribution >= 4 is 63.3 Å². The molecule has 1 unspecified atom stereocenters. The second-order valence-corrected chi connectivity index (χ2v) is 11.5. The van der Waals surface area contributed by atoms with Gasteiger partial charge in [0.1, 0.15) is 22.9 Å². The van der Waals surface area contributed by atoms with Gasteiger partial charge in [-0.1, -0.05) is 16.5 Å². The second-order valence-electron chi connectivity index (χ2n) is 8.69. The Morgan fingerprint density at radius 2 is 2.24 bits per heavy atom. The number of methoxy groups -OCH3 is 1. The Bertz CT molecular complexity index is 1340. The summed E-state index contributed by atoms with van der Waals surface area (Å²) >= 11 is 3.86. The molecule has 2 aliphatic heterocycles. The van der Waals surface area contributed by atoms with Crippen LogP contribution in [0.25, 0.3) is 0 Å². The highest BCUT2D eigenvalue weighted by molar-refractivity contribution is 8.00. The van der Waals surface area contributed by atoms with Crippen molar-refractivity contribution in [1.29, 1.82) is 0 Å². The third-order valence-corrected chi connectivity index (χ3v) is 9.43. The Kier molecular flexibility index (Phi) is 7.65. The van der Waals surface area contributed by atoms with Gasteiger partial charge in [-0.15, -0.1) is 11.8 Å². The van der Waals surface area contributed by atoms with Gasteiger partial charge in [-0.2, -0.15) is 13.9 Å². The summed E-state index contributed by atoms with van der Waals surface area (Å²) in [7, 11) is 1.69. The quantitative estimate of drug-likeness (QED) is 0.168. The summed E-state index contributed by atoms with van der Waals surface area (Å²) in [5.74, 6) is -2.37. The van der Waals surface area contributed by atoms with Crippen LogP contribution in [0, 0.1) is 0 Å². The lowest BCUT2D eigenvalue weighted by molar-refractivity contribution is -0.692. The van der Waals surface area contributed by atoms with Crippen LogP contribution in [0.2, 0.25) is 0 Å². The molecule has 0 aromatic carbocycles. The lowest BCUT2D eigenvalue weighted by atomic mass is 9.99. The first kappa shape index (κ1) is 26.5. The monoisotopic (exact) mass is 579 g/mol. The first-order valence-corrected chi connectivity index (χ1v) is 14.5. The normalized spacial score (nSPS) is 23.0. The fourth-order valence-corrected chi connectivity index (χ4v) is 7.65. The number of β-lactam (4-membered cyclic amide) rings is 1. The van der Waals surface area contributed by atoms with Crippen LogP contribution in [0.15, 0.2) is 21.9 Å². The van der Waals surface area contributed by atoms with Crippen LogP contribution in [0.5, 0.6) is 0 Å². The van der Waals surface area contributed by atoms with Gasteiger partial charge in [-0.25, -0.2) is 0 Å². The molecular weight excluding hydrogens is 554 g/mol. The maximum absolute atomic E-state index is 13.1. The molecule has 1 fully saturated rings. The molecule has 1 saturated heterocycles. The summed E-state index contributed by atoms with van der Waals surface area (Å²) in [4.78, 5) is 49.7. The van der Waals surface area contributed by atoms with E-state index in [-0.39, 0.29) is 35.1 Å². The van der Waals surface area contributed by atoms with E-state index in [9.17, 15) is 19.5 Å². The number of nitrogens with two attached hydrogens (primary N) is 1. The van der Waals surface area contributed by atoms with Gasteiger partial charge in [0.15, 0.2) is 17.4 Å². The number of rotatable bonds is 9. The molecule has 0 radical (unpaired) electrons. The highest BCUT2D eigenvalue weighted by Gasteiger charge is 2.53. The number of nitrogens with zero attached hydrogens (tertiary/aromatic N) is 5. The zero-order chi connectivity index (χ0) is 27.0. The molecule has 3 aliphatic rings. The summed E-state index contributed by atoms with van der Waals surface area (Å²) in [5, 5.41) is 18.2. The number of aromatic nitrogens is 3. The maximum Gasteiger partial charge on any atom is 0.278 e. The van der Waals surface area contributed by atoms with E-state index in [1.807, 2.05) is 10.1 Å². The summed E-state index contributed by atoms with van der Waals surface area (Å²) in [6, 6.07) is -0.963. The minimum absolute atomic E-state index is 0.0252. The topological polar surface area (TPSA) is 176 Å². The van der Waals surface area contributed by atoms with E-state index < -0.39 is 29.2 Å². The van der Waals surface area contributed by atoms with Crippen molar-refractivity contribution in [2.24, 2.45) is 5.16 Å². The number of carbonyl (C=O) groups is 3. The second kappa shape index (κ2) is 11.0. The summed E-state index contributed by atoms with van der Waals surface area (Å²) in [6.45, 7) is 2.22. The van der Waals surface area contributed by atoms with Gasteiger partial charge < -0.3 is 30.5 Å². The molecule has 13 nitrogen and oxygen atoms in total. The molecule has 1 aliphatic carbocycles. The zero-order valence-electron chi connectivity index (χ0n) is 20.5. The number of hydrogen-bond donors (Lipinski definition) is 2. The molecule has 3 N–H and O–H groups in total. The minimum Gasteiger partial charge on any atom is -0.543 e. The number of thioether (sulfide) groups is 1. The van der Waals surface area contributed by atoms with Crippen molar-refractivity contribution in [3.8, 4) is 0 Å². The first-order valence-electron chi connectivity index (χ1n) is 11.8. The van der Waals surface area contributed by atoms with Gasteiger partial charge in [0.25, 0.3) is 11.8 Å². The van der Waals surface area contributed by atoms with E-state index in [4.69, 9.17) is 15.3 Å². The average Bonchev–Trinajstić information content (AvgIpc) is 3.53. The molecular formula is C22H25N7O6S3. The van der Waals surface area contributed by atoms with Crippen LogP contribution < -0.4 is 20.7 Å². The summed E-state index contributed by atoms with van der Waals surface area (Å²) in [6.07, 6.45) is 2.85. The third-order valence-electron chi connectivity index (χ3n) is 6.44. The van der Waals surface area contributed by atoms with Gasteiger partial charge >= 0.3 is 0 Å². The van der Waals surface area contributed by atoms with Crippen molar-refractivity contribution in [1.82, 2.24) is 19.6 Å². The molecule has 4 heterocycles. The summed E-state index contributed by atoms with van der Waals surface area (Å²) < 4.78 is 11.6. The van der Waals surface area contributed by atoms with Crippen LogP contribution in [0.4, 0.5) is 5.13 Å². The number of hydrogen-bond acceptors (Lipinski definition) is 13. The molecule has 2 aromatic heterocycles. The van der Waals surface area contributed by atoms with Crippen LogP contribution in [-0.2, 0) is 36.9 Å². The smallest absolute Gasteiger partial charge is 0.278 e. The molecule has 5 rings (SSSR count). The van der Waals surface area contributed by atoms with E-state index in [1.54, 1.807) is 25.4 Å². The largest absolute Gasteiger partial charge is 0.543 e.